The summed E-state index contributed by atoms with van der Waals surface area (Å²) in [7, 11) is 0. The number of nitrogens with zero attached hydrogens (tertiary/aromatic N) is 2. The van der Waals surface area contributed by atoms with Crippen LogP contribution in [0, 0.1) is 5.92 Å². The number of benzene rings is 1. The van der Waals surface area contributed by atoms with Gasteiger partial charge >= 0.3 is 0 Å². The molecule has 3 rings (SSSR count). The molecule has 1 aliphatic rings. The molecule has 0 unspecified atom stereocenters. The molecule has 0 spiro atoms. The summed E-state index contributed by atoms with van der Waals surface area (Å²) in [6.45, 7) is 2.62. The molecule has 0 bridgehead atoms. The molecule has 2 aromatic rings. The lowest BCUT2D eigenvalue weighted by Crippen LogP contribution is -2.38. The highest BCUT2D eigenvalue weighted by atomic mass is 35.5. The van der Waals surface area contributed by atoms with Gasteiger partial charge in [0.15, 0.2) is 5.78 Å². The minimum Gasteiger partial charge on any atom is -0.297 e. The monoisotopic (exact) mass is 314 g/mol. The molecule has 1 aromatic heterocycles. The van der Waals surface area contributed by atoms with Crippen molar-refractivity contribution >= 4 is 17.4 Å². The average Bonchev–Trinajstić information content (AvgIpc) is 2.55. The first kappa shape index (κ1) is 15.2. The number of likely N-dealkylation sites (tertiary alicyclic amines) is 1. The number of hydrogen-bond donors (Lipinski definition) is 0. The highest BCUT2D eigenvalue weighted by Gasteiger charge is 2.26. The zero-order chi connectivity index (χ0) is 15.4. The van der Waals surface area contributed by atoms with Gasteiger partial charge in [0, 0.05) is 35.8 Å². The highest BCUT2D eigenvalue weighted by Crippen LogP contribution is 2.23. The quantitative estimate of drug-likeness (QED) is 0.804. The number of Topliss-reactive ketones (excluding diaryl/α,β-unsaturated/α-hetero) is 1. The molecule has 0 N–H and O–H groups in total. The number of piperidine rings is 1. The molecule has 0 saturated carbocycles. The largest absolute Gasteiger partial charge is 0.297 e. The van der Waals surface area contributed by atoms with E-state index in [-0.39, 0.29) is 11.7 Å². The first-order valence-corrected chi connectivity index (χ1v) is 8.02. The Morgan fingerprint density at radius 1 is 1.27 bits per heavy atom. The van der Waals surface area contributed by atoms with E-state index in [9.17, 15) is 4.79 Å². The number of aromatic nitrogens is 1. The van der Waals surface area contributed by atoms with E-state index in [4.69, 9.17) is 11.6 Å². The summed E-state index contributed by atoms with van der Waals surface area (Å²) in [5.74, 6) is 0.254. The lowest BCUT2D eigenvalue weighted by Gasteiger charge is -2.31. The lowest BCUT2D eigenvalue weighted by molar-refractivity contribution is 0.0810. The van der Waals surface area contributed by atoms with Crippen LogP contribution in [0.25, 0.3) is 0 Å². The number of pyridine rings is 1. The maximum absolute atomic E-state index is 12.6. The first-order valence-electron chi connectivity index (χ1n) is 7.64. The number of hydrogen-bond acceptors (Lipinski definition) is 3. The predicted molar refractivity (Wildman–Crippen MR) is 88.0 cm³/mol. The standard InChI is InChI=1S/C18H19ClN2O/c19-16-7-3-5-14(11-16)18(22)15-6-4-10-21(12-15)13-17-8-1-2-9-20-17/h1-3,5,7-9,11,15H,4,6,10,12-13H2/t15-/m0/s1. The van der Waals surface area contributed by atoms with Crippen molar-refractivity contribution in [1.29, 1.82) is 0 Å². The van der Waals surface area contributed by atoms with Gasteiger partial charge in [-0.25, -0.2) is 0 Å². The van der Waals surface area contributed by atoms with E-state index < -0.39 is 0 Å². The number of ketones is 1. The average molecular weight is 315 g/mol. The van der Waals surface area contributed by atoms with Crippen molar-refractivity contribution in [1.82, 2.24) is 9.88 Å². The van der Waals surface area contributed by atoms with Gasteiger partial charge in [-0.2, -0.15) is 0 Å². The van der Waals surface area contributed by atoms with Crippen LogP contribution in [0.15, 0.2) is 48.7 Å². The molecule has 4 heteroatoms. The molecule has 1 saturated heterocycles. The third kappa shape index (κ3) is 3.73. The van der Waals surface area contributed by atoms with Gasteiger partial charge in [0.05, 0.1) is 5.69 Å². The Hall–Kier alpha value is -1.71. The predicted octanol–water partition coefficient (Wildman–Crippen LogP) is 3.83. The number of rotatable bonds is 4. The molecule has 2 heterocycles. The maximum atomic E-state index is 12.6. The molecular weight excluding hydrogens is 296 g/mol. The van der Waals surface area contributed by atoms with E-state index in [1.54, 1.807) is 12.1 Å². The van der Waals surface area contributed by atoms with Crippen LogP contribution in [0.4, 0.5) is 0 Å². The SMILES string of the molecule is O=C(c1cccc(Cl)c1)[C@H]1CCCN(Cc2ccccn2)C1. The summed E-state index contributed by atoms with van der Waals surface area (Å²) in [5, 5.41) is 0.618. The summed E-state index contributed by atoms with van der Waals surface area (Å²) in [6, 6.07) is 13.2. The highest BCUT2D eigenvalue weighted by molar-refractivity contribution is 6.31. The van der Waals surface area contributed by atoms with E-state index in [1.165, 1.54) is 0 Å². The summed E-state index contributed by atoms with van der Waals surface area (Å²) >= 11 is 5.99. The number of halogens is 1. The van der Waals surface area contributed by atoms with Gasteiger partial charge in [-0.3, -0.25) is 14.7 Å². The van der Waals surface area contributed by atoms with Crippen molar-refractivity contribution in [3.8, 4) is 0 Å². The van der Waals surface area contributed by atoms with Gasteiger partial charge in [-0.05, 0) is 43.7 Å². The fourth-order valence-corrected chi connectivity index (χ4v) is 3.20. The Kier molecular flexibility index (Phi) is 4.86. The zero-order valence-corrected chi connectivity index (χ0v) is 13.2. The molecule has 0 radical (unpaired) electrons. The Morgan fingerprint density at radius 3 is 2.95 bits per heavy atom. The third-order valence-electron chi connectivity index (χ3n) is 4.10. The molecule has 3 nitrogen and oxygen atoms in total. The van der Waals surface area contributed by atoms with Crippen LogP contribution in [0.1, 0.15) is 28.9 Å². The molecule has 22 heavy (non-hydrogen) atoms. The fraction of sp³-hybridized carbons (Fsp3) is 0.333. The molecule has 114 valence electrons. The second-order valence-electron chi connectivity index (χ2n) is 5.77. The summed E-state index contributed by atoms with van der Waals surface area (Å²) in [5.41, 5.74) is 1.77. The molecule has 1 atom stereocenters. The van der Waals surface area contributed by atoms with Gasteiger partial charge in [0.25, 0.3) is 0 Å². The minimum atomic E-state index is 0.0518. The molecule has 1 aliphatic heterocycles. The van der Waals surface area contributed by atoms with E-state index >= 15 is 0 Å². The second kappa shape index (κ2) is 7.03. The number of carbonyl (C=O) groups is 1. The van der Waals surface area contributed by atoms with Crippen molar-refractivity contribution in [2.24, 2.45) is 5.92 Å². The summed E-state index contributed by atoms with van der Waals surface area (Å²) in [4.78, 5) is 19.3. The molecule has 0 aliphatic carbocycles. The van der Waals surface area contributed by atoms with Gasteiger partial charge in [0.1, 0.15) is 0 Å². The van der Waals surface area contributed by atoms with Crippen molar-refractivity contribution in [2.45, 2.75) is 19.4 Å². The van der Waals surface area contributed by atoms with Crippen LogP contribution < -0.4 is 0 Å². The van der Waals surface area contributed by atoms with Crippen molar-refractivity contribution in [2.75, 3.05) is 13.1 Å². The Labute approximate surface area is 135 Å². The maximum Gasteiger partial charge on any atom is 0.167 e. The van der Waals surface area contributed by atoms with E-state index in [0.29, 0.717) is 5.02 Å². The lowest BCUT2D eigenvalue weighted by atomic mass is 9.90. The van der Waals surface area contributed by atoms with Crippen molar-refractivity contribution < 1.29 is 4.79 Å². The molecule has 1 fully saturated rings. The van der Waals surface area contributed by atoms with Crippen molar-refractivity contribution in [3.05, 3.63) is 64.9 Å². The van der Waals surface area contributed by atoms with Crippen LogP contribution >= 0.6 is 11.6 Å². The van der Waals surface area contributed by atoms with Gasteiger partial charge in [-0.15, -0.1) is 0 Å². The third-order valence-corrected chi connectivity index (χ3v) is 4.33. The molecule has 0 amide bonds. The van der Waals surface area contributed by atoms with E-state index in [2.05, 4.69) is 9.88 Å². The van der Waals surface area contributed by atoms with Crippen LogP contribution in [0.2, 0.25) is 5.02 Å². The molecule has 1 aromatic carbocycles. The smallest absolute Gasteiger partial charge is 0.167 e. The normalized spacial score (nSPS) is 19.0. The topological polar surface area (TPSA) is 33.2 Å². The van der Waals surface area contributed by atoms with Crippen LogP contribution in [-0.2, 0) is 6.54 Å². The Balaban J connectivity index is 1.66. The first-order chi connectivity index (χ1) is 10.7. The van der Waals surface area contributed by atoms with Gasteiger partial charge in [0.2, 0.25) is 0 Å². The second-order valence-corrected chi connectivity index (χ2v) is 6.21. The van der Waals surface area contributed by atoms with E-state index in [0.717, 1.165) is 43.7 Å². The summed E-state index contributed by atoms with van der Waals surface area (Å²) < 4.78 is 0. The number of carbonyl (C=O) groups excluding carboxylic acids is 1. The van der Waals surface area contributed by atoms with Crippen LogP contribution in [0.5, 0.6) is 0 Å². The van der Waals surface area contributed by atoms with Gasteiger partial charge in [-0.1, -0.05) is 29.8 Å². The summed E-state index contributed by atoms with van der Waals surface area (Å²) in [6.07, 6.45) is 3.81. The molecular formula is C18H19ClN2O. The van der Waals surface area contributed by atoms with Crippen molar-refractivity contribution in [3.63, 3.8) is 0 Å². The van der Waals surface area contributed by atoms with Gasteiger partial charge < -0.3 is 0 Å². The van der Waals surface area contributed by atoms with Crippen LogP contribution in [-0.4, -0.2) is 28.8 Å². The Morgan fingerprint density at radius 2 is 2.18 bits per heavy atom. The van der Waals surface area contributed by atoms with Crippen LogP contribution in [0.3, 0.4) is 0 Å². The van der Waals surface area contributed by atoms with E-state index in [1.807, 2.05) is 36.5 Å². The Bertz CT molecular complexity index is 645. The fourth-order valence-electron chi connectivity index (χ4n) is 3.01. The minimum absolute atomic E-state index is 0.0518. The zero-order valence-electron chi connectivity index (χ0n) is 12.4.